The number of hydrogen-bond acceptors (Lipinski definition) is 5. The summed E-state index contributed by atoms with van der Waals surface area (Å²) in [6.07, 6.45) is 9.24. The fourth-order valence-electron chi connectivity index (χ4n) is 3.66. The first kappa shape index (κ1) is 14.6. The topological polar surface area (TPSA) is 62.1 Å². The first-order valence-corrected chi connectivity index (χ1v) is 8.44. The summed E-state index contributed by atoms with van der Waals surface area (Å²) in [6, 6.07) is 6.37. The molecule has 0 radical (unpaired) electrons. The molecule has 3 heterocycles. The van der Waals surface area contributed by atoms with Crippen LogP contribution in [-0.4, -0.2) is 39.3 Å². The highest BCUT2D eigenvalue weighted by Crippen LogP contribution is 2.37. The molecule has 0 amide bonds. The molecule has 2 aromatic rings. The number of aromatic nitrogens is 3. The van der Waals surface area contributed by atoms with Crippen molar-refractivity contribution in [2.75, 3.05) is 18.0 Å². The third-order valence-electron chi connectivity index (χ3n) is 5.20. The lowest BCUT2D eigenvalue weighted by molar-refractivity contribution is 0.0732. The Labute approximate surface area is 136 Å². The van der Waals surface area contributed by atoms with Gasteiger partial charge in [0.15, 0.2) is 0 Å². The summed E-state index contributed by atoms with van der Waals surface area (Å²) in [5, 5.41) is 9.48. The van der Waals surface area contributed by atoms with Crippen molar-refractivity contribution < 1.29 is 5.11 Å². The lowest BCUT2D eigenvalue weighted by Crippen LogP contribution is -2.34. The highest BCUT2D eigenvalue weighted by atomic mass is 16.3. The monoisotopic (exact) mass is 310 g/mol. The number of pyridine rings is 1. The van der Waals surface area contributed by atoms with Crippen LogP contribution in [0.15, 0.2) is 36.9 Å². The van der Waals surface area contributed by atoms with Gasteiger partial charge in [0, 0.05) is 43.2 Å². The van der Waals surface area contributed by atoms with E-state index in [2.05, 4.69) is 38.1 Å². The highest BCUT2D eigenvalue weighted by molar-refractivity contribution is 5.41. The molecule has 1 aliphatic heterocycles. The molecule has 1 aliphatic carbocycles. The predicted molar refractivity (Wildman–Crippen MR) is 88.4 cm³/mol. The second kappa shape index (κ2) is 6.24. The number of piperidine rings is 1. The number of anilines is 1. The van der Waals surface area contributed by atoms with Gasteiger partial charge < -0.3 is 10.0 Å². The van der Waals surface area contributed by atoms with Crippen molar-refractivity contribution in [1.29, 1.82) is 0 Å². The molecule has 1 saturated heterocycles. The van der Waals surface area contributed by atoms with E-state index < -0.39 is 0 Å². The maximum Gasteiger partial charge on any atom is 0.132 e. The van der Waals surface area contributed by atoms with E-state index in [9.17, 15) is 5.11 Å². The van der Waals surface area contributed by atoms with E-state index in [4.69, 9.17) is 0 Å². The smallest absolute Gasteiger partial charge is 0.132 e. The summed E-state index contributed by atoms with van der Waals surface area (Å²) in [5.74, 6) is 2.06. The maximum atomic E-state index is 9.48. The Bertz CT molecular complexity index is 649. The van der Waals surface area contributed by atoms with Gasteiger partial charge >= 0.3 is 0 Å². The summed E-state index contributed by atoms with van der Waals surface area (Å²) >= 11 is 0. The van der Waals surface area contributed by atoms with Crippen molar-refractivity contribution in [3.63, 3.8) is 0 Å². The second-order valence-electron chi connectivity index (χ2n) is 6.67. The quantitative estimate of drug-likeness (QED) is 0.944. The van der Waals surface area contributed by atoms with Crippen molar-refractivity contribution in [3.05, 3.63) is 48.2 Å². The Balaban J connectivity index is 1.41. The van der Waals surface area contributed by atoms with E-state index in [1.165, 1.54) is 5.56 Å². The molecule has 5 heteroatoms. The van der Waals surface area contributed by atoms with Gasteiger partial charge in [-0.25, -0.2) is 9.97 Å². The van der Waals surface area contributed by atoms with E-state index in [-0.39, 0.29) is 6.10 Å². The van der Waals surface area contributed by atoms with Crippen LogP contribution in [0.3, 0.4) is 0 Å². The van der Waals surface area contributed by atoms with E-state index in [1.54, 1.807) is 6.33 Å². The van der Waals surface area contributed by atoms with Crippen molar-refractivity contribution in [1.82, 2.24) is 15.0 Å². The zero-order valence-electron chi connectivity index (χ0n) is 13.2. The Kier molecular flexibility index (Phi) is 3.95. The van der Waals surface area contributed by atoms with Gasteiger partial charge in [0.2, 0.25) is 0 Å². The number of hydrogen-bond donors (Lipinski definition) is 1. The van der Waals surface area contributed by atoms with Crippen LogP contribution in [0.25, 0.3) is 0 Å². The van der Waals surface area contributed by atoms with Gasteiger partial charge in [-0.05, 0) is 49.3 Å². The lowest BCUT2D eigenvalue weighted by Gasteiger charge is -2.34. The number of nitrogens with zero attached hydrogens (tertiary/aromatic N) is 4. The van der Waals surface area contributed by atoms with Gasteiger partial charge in [0.05, 0.1) is 6.10 Å². The van der Waals surface area contributed by atoms with Gasteiger partial charge in [-0.2, -0.15) is 0 Å². The van der Waals surface area contributed by atoms with Gasteiger partial charge in [-0.15, -0.1) is 0 Å². The van der Waals surface area contributed by atoms with Crippen LogP contribution in [0.4, 0.5) is 5.82 Å². The zero-order chi connectivity index (χ0) is 15.6. The molecule has 120 valence electrons. The largest absolute Gasteiger partial charge is 0.393 e. The Morgan fingerprint density at radius 2 is 1.74 bits per heavy atom. The molecule has 2 aromatic heterocycles. The molecule has 4 rings (SSSR count). The summed E-state index contributed by atoms with van der Waals surface area (Å²) < 4.78 is 0. The van der Waals surface area contributed by atoms with Crippen LogP contribution in [0.2, 0.25) is 0 Å². The van der Waals surface area contributed by atoms with E-state index >= 15 is 0 Å². The molecule has 0 spiro atoms. The Hall–Kier alpha value is -2.01. The lowest BCUT2D eigenvalue weighted by atomic mass is 9.80. The SMILES string of the molecule is OC1CC(c2cc(N3CCC(c4ccncc4)CC3)ncn2)C1. The molecule has 0 atom stereocenters. The normalized spacial score (nSPS) is 25.2. The van der Waals surface area contributed by atoms with Crippen molar-refractivity contribution in [3.8, 4) is 0 Å². The average Bonchev–Trinajstić information content (AvgIpc) is 2.60. The molecule has 0 aromatic carbocycles. The van der Waals surface area contributed by atoms with Crippen molar-refractivity contribution in [2.45, 2.75) is 43.6 Å². The molecule has 2 fully saturated rings. The Morgan fingerprint density at radius 3 is 2.43 bits per heavy atom. The second-order valence-corrected chi connectivity index (χ2v) is 6.67. The van der Waals surface area contributed by atoms with Crippen LogP contribution in [0.5, 0.6) is 0 Å². The third-order valence-corrected chi connectivity index (χ3v) is 5.20. The predicted octanol–water partition coefficient (Wildman–Crippen LogP) is 2.49. The molecule has 0 unspecified atom stereocenters. The fraction of sp³-hybridized carbons (Fsp3) is 0.500. The molecule has 2 aliphatic rings. The molecular weight excluding hydrogens is 288 g/mol. The Morgan fingerprint density at radius 1 is 1.00 bits per heavy atom. The van der Waals surface area contributed by atoms with Crippen LogP contribution in [0.1, 0.15) is 48.8 Å². The first-order valence-electron chi connectivity index (χ1n) is 8.44. The van der Waals surface area contributed by atoms with Gasteiger partial charge in [-0.3, -0.25) is 4.98 Å². The minimum absolute atomic E-state index is 0.144. The zero-order valence-corrected chi connectivity index (χ0v) is 13.2. The van der Waals surface area contributed by atoms with Crippen LogP contribution in [-0.2, 0) is 0 Å². The average molecular weight is 310 g/mol. The minimum Gasteiger partial charge on any atom is -0.393 e. The fourth-order valence-corrected chi connectivity index (χ4v) is 3.66. The highest BCUT2D eigenvalue weighted by Gasteiger charge is 2.30. The summed E-state index contributed by atoms with van der Waals surface area (Å²) in [5.41, 5.74) is 2.48. The number of rotatable bonds is 3. The van der Waals surface area contributed by atoms with E-state index in [0.717, 1.165) is 50.3 Å². The number of aliphatic hydroxyl groups excluding tert-OH is 1. The van der Waals surface area contributed by atoms with Gasteiger partial charge in [0.1, 0.15) is 12.1 Å². The van der Waals surface area contributed by atoms with Crippen LogP contribution < -0.4 is 4.90 Å². The molecular formula is C18H22N4O. The van der Waals surface area contributed by atoms with Crippen LogP contribution >= 0.6 is 0 Å². The molecule has 23 heavy (non-hydrogen) atoms. The summed E-state index contributed by atoms with van der Waals surface area (Å²) in [7, 11) is 0. The van der Waals surface area contributed by atoms with Gasteiger partial charge in [-0.1, -0.05) is 0 Å². The molecule has 1 saturated carbocycles. The van der Waals surface area contributed by atoms with E-state index in [1.807, 2.05) is 12.4 Å². The van der Waals surface area contributed by atoms with Crippen molar-refractivity contribution >= 4 is 5.82 Å². The summed E-state index contributed by atoms with van der Waals surface area (Å²) in [6.45, 7) is 2.05. The first-order chi connectivity index (χ1) is 11.3. The minimum atomic E-state index is -0.144. The molecule has 1 N–H and O–H groups in total. The van der Waals surface area contributed by atoms with Crippen molar-refractivity contribution in [2.24, 2.45) is 0 Å². The maximum absolute atomic E-state index is 9.48. The third kappa shape index (κ3) is 3.06. The summed E-state index contributed by atoms with van der Waals surface area (Å²) in [4.78, 5) is 15.3. The van der Waals surface area contributed by atoms with Crippen LogP contribution in [0, 0.1) is 0 Å². The standard InChI is InChI=1S/C18H22N4O/c23-16-9-15(10-16)17-11-18(21-12-20-17)22-7-3-14(4-8-22)13-1-5-19-6-2-13/h1-2,5-6,11-12,14-16,23H,3-4,7-10H2. The number of aliphatic hydroxyl groups is 1. The molecule has 5 nitrogen and oxygen atoms in total. The van der Waals surface area contributed by atoms with Gasteiger partial charge in [0.25, 0.3) is 0 Å². The van der Waals surface area contributed by atoms with E-state index in [0.29, 0.717) is 11.8 Å². The molecule has 0 bridgehead atoms.